The fraction of sp³-hybridized carbons (Fsp3) is 0.375. The summed E-state index contributed by atoms with van der Waals surface area (Å²) >= 11 is 5.92. The number of ether oxygens (including phenoxy) is 1. The first-order valence-electron chi connectivity index (χ1n) is 6.68. The van der Waals surface area contributed by atoms with Crippen molar-refractivity contribution >= 4 is 11.6 Å². The second kappa shape index (κ2) is 7.48. The molecule has 0 N–H and O–H groups in total. The van der Waals surface area contributed by atoms with Crippen molar-refractivity contribution in [3.63, 3.8) is 0 Å². The summed E-state index contributed by atoms with van der Waals surface area (Å²) < 4.78 is 10.8. The molecule has 0 saturated carbocycles. The zero-order valence-electron chi connectivity index (χ0n) is 11.9. The third-order valence-corrected chi connectivity index (χ3v) is 3.36. The van der Waals surface area contributed by atoms with Crippen LogP contribution in [0.1, 0.15) is 17.1 Å². The molecule has 0 fully saturated rings. The van der Waals surface area contributed by atoms with Crippen LogP contribution in [0, 0.1) is 6.92 Å². The lowest BCUT2D eigenvalue weighted by Gasteiger charge is -2.21. The summed E-state index contributed by atoms with van der Waals surface area (Å²) in [5, 5.41) is 0.763. The van der Waals surface area contributed by atoms with Gasteiger partial charge in [-0.15, -0.1) is 0 Å². The summed E-state index contributed by atoms with van der Waals surface area (Å²) in [5.74, 6) is 1.92. The second-order valence-electron chi connectivity index (χ2n) is 4.84. The van der Waals surface area contributed by atoms with Crippen molar-refractivity contribution in [2.24, 2.45) is 0 Å². The van der Waals surface area contributed by atoms with Gasteiger partial charge in [-0.3, -0.25) is 4.90 Å². The lowest BCUT2D eigenvalue weighted by Crippen LogP contribution is -2.26. The fourth-order valence-electron chi connectivity index (χ4n) is 2.07. The van der Waals surface area contributed by atoms with Crippen LogP contribution in [0.3, 0.4) is 0 Å². The van der Waals surface area contributed by atoms with E-state index in [4.69, 9.17) is 20.8 Å². The average molecular weight is 294 g/mol. The van der Waals surface area contributed by atoms with Gasteiger partial charge < -0.3 is 9.15 Å². The van der Waals surface area contributed by atoms with E-state index in [0.717, 1.165) is 36.2 Å². The number of rotatable bonds is 7. The summed E-state index contributed by atoms with van der Waals surface area (Å²) in [6, 6.07) is 12.0. The molecule has 20 heavy (non-hydrogen) atoms. The smallest absolute Gasteiger partial charge is 0.118 e. The van der Waals surface area contributed by atoms with Crippen LogP contribution in [-0.2, 0) is 17.8 Å². The number of furan rings is 1. The Balaban J connectivity index is 2.00. The van der Waals surface area contributed by atoms with Crippen molar-refractivity contribution in [3.8, 4) is 0 Å². The molecule has 0 aliphatic heterocycles. The fourth-order valence-corrected chi connectivity index (χ4v) is 2.20. The van der Waals surface area contributed by atoms with Crippen LogP contribution in [0.5, 0.6) is 0 Å². The van der Waals surface area contributed by atoms with Gasteiger partial charge in [-0.2, -0.15) is 0 Å². The summed E-state index contributed by atoms with van der Waals surface area (Å²) in [6.45, 7) is 5.15. The number of hydrogen-bond donors (Lipinski definition) is 0. The number of benzene rings is 1. The van der Waals surface area contributed by atoms with Gasteiger partial charge in [-0.25, -0.2) is 0 Å². The number of hydrogen-bond acceptors (Lipinski definition) is 3. The molecule has 0 radical (unpaired) electrons. The number of methoxy groups -OCH3 is 1. The van der Waals surface area contributed by atoms with E-state index < -0.39 is 0 Å². The molecular weight excluding hydrogens is 274 g/mol. The monoisotopic (exact) mass is 293 g/mol. The van der Waals surface area contributed by atoms with Crippen molar-refractivity contribution in [3.05, 3.63) is 58.5 Å². The standard InChI is InChI=1S/C16H20ClNO2/c1-13-3-8-16(20-13)12-18(9-10-19-2)11-14-4-6-15(17)7-5-14/h3-8H,9-12H2,1-2H3. The van der Waals surface area contributed by atoms with Crippen LogP contribution in [0.4, 0.5) is 0 Å². The van der Waals surface area contributed by atoms with E-state index in [9.17, 15) is 0 Å². The third kappa shape index (κ3) is 4.67. The lowest BCUT2D eigenvalue weighted by molar-refractivity contribution is 0.135. The van der Waals surface area contributed by atoms with Gasteiger partial charge >= 0.3 is 0 Å². The quantitative estimate of drug-likeness (QED) is 0.774. The molecule has 1 aromatic carbocycles. The van der Waals surface area contributed by atoms with Crippen LogP contribution in [0.2, 0.25) is 5.02 Å². The van der Waals surface area contributed by atoms with Gasteiger partial charge in [-0.05, 0) is 36.8 Å². The van der Waals surface area contributed by atoms with Gasteiger partial charge in [-0.1, -0.05) is 23.7 Å². The molecule has 4 heteroatoms. The van der Waals surface area contributed by atoms with Crippen LogP contribution in [0.15, 0.2) is 40.8 Å². The normalized spacial score (nSPS) is 11.2. The minimum Gasteiger partial charge on any atom is -0.465 e. The van der Waals surface area contributed by atoms with Gasteiger partial charge in [0.25, 0.3) is 0 Å². The Morgan fingerprint density at radius 3 is 2.45 bits per heavy atom. The molecular formula is C16H20ClNO2. The second-order valence-corrected chi connectivity index (χ2v) is 5.28. The van der Waals surface area contributed by atoms with E-state index in [2.05, 4.69) is 17.0 Å². The molecule has 2 rings (SSSR count). The molecule has 2 aromatic rings. The summed E-state index contributed by atoms with van der Waals surface area (Å²) in [6.07, 6.45) is 0. The van der Waals surface area contributed by atoms with Crippen LogP contribution in [0.25, 0.3) is 0 Å². The summed E-state index contributed by atoms with van der Waals surface area (Å²) in [4.78, 5) is 2.30. The maximum absolute atomic E-state index is 5.92. The molecule has 0 amide bonds. The number of halogens is 1. The third-order valence-electron chi connectivity index (χ3n) is 3.11. The van der Waals surface area contributed by atoms with E-state index >= 15 is 0 Å². The lowest BCUT2D eigenvalue weighted by atomic mass is 10.2. The Labute approximate surface area is 125 Å². The Morgan fingerprint density at radius 2 is 1.85 bits per heavy atom. The van der Waals surface area contributed by atoms with Crippen LogP contribution in [-0.4, -0.2) is 25.2 Å². The SMILES string of the molecule is COCCN(Cc1ccc(Cl)cc1)Cc1ccc(C)o1. The predicted octanol–water partition coefficient (Wildman–Crippen LogP) is 3.89. The van der Waals surface area contributed by atoms with Gasteiger partial charge in [0.15, 0.2) is 0 Å². The molecule has 108 valence electrons. The van der Waals surface area contributed by atoms with Crippen LogP contribution >= 0.6 is 11.6 Å². The van der Waals surface area contributed by atoms with Gasteiger partial charge in [0, 0.05) is 25.2 Å². The van der Waals surface area contributed by atoms with Crippen molar-refractivity contribution < 1.29 is 9.15 Å². The first-order valence-corrected chi connectivity index (χ1v) is 7.06. The Bertz CT molecular complexity index is 522. The Morgan fingerprint density at radius 1 is 1.10 bits per heavy atom. The van der Waals surface area contributed by atoms with Crippen LogP contribution < -0.4 is 0 Å². The molecule has 1 aromatic heterocycles. The van der Waals surface area contributed by atoms with Gasteiger partial charge in [0.1, 0.15) is 11.5 Å². The molecule has 3 nitrogen and oxygen atoms in total. The minimum absolute atomic E-state index is 0.702. The highest BCUT2D eigenvalue weighted by molar-refractivity contribution is 6.30. The summed E-state index contributed by atoms with van der Waals surface area (Å²) in [7, 11) is 1.72. The Kier molecular flexibility index (Phi) is 5.65. The first-order chi connectivity index (χ1) is 9.67. The molecule has 0 bridgehead atoms. The van der Waals surface area contributed by atoms with Crippen molar-refractivity contribution in [1.29, 1.82) is 0 Å². The maximum Gasteiger partial charge on any atom is 0.118 e. The van der Waals surface area contributed by atoms with Crippen molar-refractivity contribution in [2.45, 2.75) is 20.0 Å². The topological polar surface area (TPSA) is 25.6 Å². The molecule has 0 atom stereocenters. The average Bonchev–Trinajstić information content (AvgIpc) is 2.84. The van der Waals surface area contributed by atoms with E-state index in [0.29, 0.717) is 6.61 Å². The van der Waals surface area contributed by atoms with E-state index in [1.165, 1.54) is 5.56 Å². The Hall–Kier alpha value is -1.29. The minimum atomic E-state index is 0.702. The predicted molar refractivity (Wildman–Crippen MR) is 80.9 cm³/mol. The molecule has 0 aliphatic rings. The van der Waals surface area contributed by atoms with E-state index in [-0.39, 0.29) is 0 Å². The van der Waals surface area contributed by atoms with Crippen molar-refractivity contribution in [1.82, 2.24) is 4.90 Å². The number of aryl methyl sites for hydroxylation is 1. The molecule has 0 unspecified atom stereocenters. The zero-order chi connectivity index (χ0) is 14.4. The zero-order valence-corrected chi connectivity index (χ0v) is 12.7. The maximum atomic E-state index is 5.92. The molecule has 1 heterocycles. The molecule has 0 saturated heterocycles. The highest BCUT2D eigenvalue weighted by Gasteiger charge is 2.09. The van der Waals surface area contributed by atoms with E-state index in [1.54, 1.807) is 7.11 Å². The van der Waals surface area contributed by atoms with Gasteiger partial charge in [0.2, 0.25) is 0 Å². The van der Waals surface area contributed by atoms with E-state index in [1.807, 2.05) is 31.2 Å². The largest absolute Gasteiger partial charge is 0.465 e. The molecule has 0 aliphatic carbocycles. The van der Waals surface area contributed by atoms with Gasteiger partial charge in [0.05, 0.1) is 13.2 Å². The number of nitrogens with zero attached hydrogens (tertiary/aromatic N) is 1. The van der Waals surface area contributed by atoms with Crippen molar-refractivity contribution in [2.75, 3.05) is 20.3 Å². The summed E-state index contributed by atoms with van der Waals surface area (Å²) in [5.41, 5.74) is 1.23. The first kappa shape index (κ1) is 15.1. The molecule has 0 spiro atoms. The highest BCUT2D eigenvalue weighted by atomic mass is 35.5. The highest BCUT2D eigenvalue weighted by Crippen LogP contribution is 2.14.